The van der Waals surface area contributed by atoms with Crippen molar-refractivity contribution in [2.75, 3.05) is 9.80 Å². The SMILES string of the molecule is CCC[C@H](C)c1ccc(N2c3cc4c(cc3[B]c3c(-c5ccc(N(c6ccccc6)c6ccccc6)c6c5[nH]c5sc7ccccc7c56)cc5ccccc5c32)Sc2ccccc2S4)c(-c2ccccc2)c1. The maximum absolute atomic E-state index is 4.12. The van der Waals surface area contributed by atoms with Crippen LogP contribution in [0.15, 0.2) is 232 Å². The van der Waals surface area contributed by atoms with Crippen molar-refractivity contribution >= 4 is 129 Å². The van der Waals surface area contributed by atoms with Gasteiger partial charge in [-0.2, -0.15) is 0 Å². The number of rotatable bonds is 9. The molecule has 0 bridgehead atoms. The number of hydrogen-bond donors (Lipinski definition) is 1. The van der Waals surface area contributed by atoms with Crippen LogP contribution in [-0.2, 0) is 0 Å². The van der Waals surface area contributed by atoms with E-state index >= 15 is 0 Å². The molecule has 7 heteroatoms. The van der Waals surface area contributed by atoms with Crippen LogP contribution in [0, 0.1) is 0 Å². The molecule has 1 radical (unpaired) electrons. The van der Waals surface area contributed by atoms with Crippen molar-refractivity contribution in [3.63, 3.8) is 0 Å². The molecule has 72 heavy (non-hydrogen) atoms. The first kappa shape index (κ1) is 43.4. The van der Waals surface area contributed by atoms with E-state index in [9.17, 15) is 0 Å². The van der Waals surface area contributed by atoms with E-state index < -0.39 is 0 Å². The maximum Gasteiger partial charge on any atom is 0.197 e. The number of para-hydroxylation sites is 2. The Kier molecular flexibility index (Phi) is 10.7. The molecule has 1 N–H and O–H groups in total. The van der Waals surface area contributed by atoms with Gasteiger partial charge in [0.15, 0.2) is 7.28 Å². The number of anilines is 6. The van der Waals surface area contributed by atoms with Crippen molar-refractivity contribution in [3.05, 3.63) is 218 Å². The Hall–Kier alpha value is -7.42. The van der Waals surface area contributed by atoms with Gasteiger partial charge in [0, 0.05) is 79.7 Å². The van der Waals surface area contributed by atoms with E-state index in [0.29, 0.717) is 5.92 Å². The monoisotopic (exact) mass is 976 g/mol. The first-order valence-corrected chi connectivity index (χ1v) is 27.4. The second-order valence-corrected chi connectivity index (χ2v) is 22.3. The summed E-state index contributed by atoms with van der Waals surface area (Å²) in [5.74, 6) is 0.436. The number of nitrogens with zero attached hydrogens (tertiary/aromatic N) is 2. The number of aromatic amines is 1. The molecule has 343 valence electrons. The summed E-state index contributed by atoms with van der Waals surface area (Å²) in [6.45, 7) is 4.67. The van der Waals surface area contributed by atoms with E-state index in [1.807, 2.05) is 34.9 Å². The van der Waals surface area contributed by atoms with Crippen LogP contribution in [0.4, 0.5) is 34.1 Å². The Balaban J connectivity index is 1.07. The van der Waals surface area contributed by atoms with E-state index in [2.05, 4.69) is 248 Å². The molecule has 0 saturated carbocycles. The molecule has 14 rings (SSSR count). The molecule has 3 nitrogen and oxygen atoms in total. The topological polar surface area (TPSA) is 22.3 Å². The van der Waals surface area contributed by atoms with Gasteiger partial charge < -0.3 is 14.8 Å². The Morgan fingerprint density at radius 3 is 1.94 bits per heavy atom. The number of aromatic nitrogens is 1. The third kappa shape index (κ3) is 7.12. The minimum Gasteiger partial charge on any atom is -0.346 e. The van der Waals surface area contributed by atoms with Gasteiger partial charge >= 0.3 is 0 Å². The van der Waals surface area contributed by atoms with Crippen molar-refractivity contribution in [1.29, 1.82) is 0 Å². The standard InChI is InChI=1S/C65H47BN3S3/c1-3-19-40(2)42-32-34-52(49(36-42)41-20-7-4-8-21-41)69-54-39-59-58(70-56-30-17-18-31-57(56)71-59)38-51(54)66-62-50(37-43-22-13-14-27-46(43)64(62)69)47-33-35-53(68(44-23-9-5-10-24-44)45-25-11-6-12-26-45)61-60-48-28-15-16-29-55(48)72-65(60)67-63(47)61/h4-18,20-40,67H,3,19H2,1-2H3/t40-/m0/s1. The average molecular weight is 977 g/mol. The third-order valence-electron chi connectivity index (χ3n) is 14.7. The lowest BCUT2D eigenvalue weighted by Gasteiger charge is -2.38. The number of nitrogens with one attached hydrogen (secondary N) is 1. The summed E-state index contributed by atoms with van der Waals surface area (Å²) in [6.07, 6.45) is 2.28. The van der Waals surface area contributed by atoms with E-state index in [1.54, 1.807) is 0 Å². The molecule has 2 aliphatic heterocycles. The van der Waals surface area contributed by atoms with Gasteiger partial charge in [0.25, 0.3) is 0 Å². The van der Waals surface area contributed by atoms with E-state index in [0.717, 1.165) is 35.4 Å². The van der Waals surface area contributed by atoms with Crippen molar-refractivity contribution in [2.45, 2.75) is 52.2 Å². The molecular formula is C65H47BN3S3. The Morgan fingerprint density at radius 1 is 0.556 bits per heavy atom. The Morgan fingerprint density at radius 2 is 1.21 bits per heavy atom. The molecular weight excluding hydrogens is 930 g/mol. The second kappa shape index (κ2) is 17.7. The highest BCUT2D eigenvalue weighted by molar-refractivity contribution is 8.05. The number of thiophene rings is 1. The first-order chi connectivity index (χ1) is 35.6. The number of benzene rings is 10. The summed E-state index contributed by atoms with van der Waals surface area (Å²) < 4.78 is 1.28. The minimum atomic E-state index is 0.436. The van der Waals surface area contributed by atoms with Gasteiger partial charge in [-0.15, -0.1) is 11.3 Å². The Bertz CT molecular complexity index is 4030. The van der Waals surface area contributed by atoms with Crippen LogP contribution in [0.25, 0.3) is 64.2 Å². The van der Waals surface area contributed by atoms with Crippen LogP contribution in [0.2, 0.25) is 0 Å². The zero-order valence-electron chi connectivity index (χ0n) is 39.9. The van der Waals surface area contributed by atoms with Crippen LogP contribution < -0.4 is 20.7 Å². The van der Waals surface area contributed by atoms with E-state index in [4.69, 9.17) is 0 Å². The molecule has 0 spiro atoms. The molecule has 2 aliphatic rings. The fourth-order valence-electron chi connectivity index (χ4n) is 11.3. The molecule has 12 aromatic rings. The van der Waals surface area contributed by atoms with Crippen LogP contribution in [-0.4, -0.2) is 12.3 Å². The van der Waals surface area contributed by atoms with E-state index in [-0.39, 0.29) is 0 Å². The highest BCUT2D eigenvalue weighted by atomic mass is 32.2. The molecule has 10 aromatic carbocycles. The molecule has 0 unspecified atom stereocenters. The fraction of sp³-hybridized carbons (Fsp3) is 0.0769. The highest BCUT2D eigenvalue weighted by Gasteiger charge is 2.34. The molecule has 0 aliphatic carbocycles. The minimum absolute atomic E-state index is 0.436. The summed E-state index contributed by atoms with van der Waals surface area (Å²) >= 11 is 5.61. The van der Waals surface area contributed by atoms with Crippen LogP contribution in [0.1, 0.15) is 38.2 Å². The average Bonchev–Trinajstić information content (AvgIpc) is 3.99. The van der Waals surface area contributed by atoms with Crippen LogP contribution in [0.5, 0.6) is 0 Å². The lowest BCUT2D eigenvalue weighted by Crippen LogP contribution is -2.41. The Labute approximate surface area is 433 Å². The number of hydrogen-bond acceptors (Lipinski definition) is 5. The lowest BCUT2D eigenvalue weighted by molar-refractivity contribution is 0.665. The predicted octanol–water partition coefficient (Wildman–Crippen LogP) is 18.5. The summed E-state index contributed by atoms with van der Waals surface area (Å²) in [6, 6.07) is 78.9. The molecule has 2 aromatic heterocycles. The third-order valence-corrected chi connectivity index (χ3v) is 18.3. The van der Waals surface area contributed by atoms with Crippen molar-refractivity contribution in [3.8, 4) is 22.3 Å². The van der Waals surface area contributed by atoms with Crippen LogP contribution >= 0.6 is 34.9 Å². The molecule has 1 atom stereocenters. The zero-order valence-corrected chi connectivity index (χ0v) is 42.3. The summed E-state index contributed by atoms with van der Waals surface area (Å²) in [5.41, 5.74) is 16.7. The number of fused-ring (bicyclic) bond motifs is 11. The second-order valence-electron chi connectivity index (χ2n) is 19.0. The van der Waals surface area contributed by atoms with Gasteiger partial charge in [0.05, 0.1) is 16.9 Å². The first-order valence-electron chi connectivity index (χ1n) is 25.0. The summed E-state index contributed by atoms with van der Waals surface area (Å²) in [7, 11) is 2.50. The highest BCUT2D eigenvalue weighted by Crippen LogP contribution is 2.54. The molecule has 0 fully saturated rings. The summed E-state index contributed by atoms with van der Waals surface area (Å²) in [4.78, 5) is 15.5. The predicted molar refractivity (Wildman–Crippen MR) is 312 cm³/mol. The van der Waals surface area contributed by atoms with Crippen molar-refractivity contribution < 1.29 is 0 Å². The fourth-order valence-corrected chi connectivity index (χ4v) is 14.7. The van der Waals surface area contributed by atoms with Gasteiger partial charge in [-0.1, -0.05) is 189 Å². The van der Waals surface area contributed by atoms with Gasteiger partial charge in [0.2, 0.25) is 0 Å². The smallest absolute Gasteiger partial charge is 0.197 e. The molecule has 4 heterocycles. The van der Waals surface area contributed by atoms with Gasteiger partial charge in [-0.3, -0.25) is 0 Å². The van der Waals surface area contributed by atoms with Crippen LogP contribution in [0.3, 0.4) is 0 Å². The quantitative estimate of drug-likeness (QED) is 0.146. The van der Waals surface area contributed by atoms with Crippen molar-refractivity contribution in [2.24, 2.45) is 0 Å². The van der Waals surface area contributed by atoms with Gasteiger partial charge in [0.1, 0.15) is 4.83 Å². The normalized spacial score (nSPS) is 13.2. The number of H-pyrrole nitrogens is 1. The maximum atomic E-state index is 4.12. The van der Waals surface area contributed by atoms with Gasteiger partial charge in [-0.05, 0) is 113 Å². The van der Waals surface area contributed by atoms with Gasteiger partial charge in [-0.25, -0.2) is 0 Å². The largest absolute Gasteiger partial charge is 0.346 e. The van der Waals surface area contributed by atoms with E-state index in [1.165, 1.54) is 112 Å². The molecule has 0 saturated heterocycles. The molecule has 0 amide bonds. The van der Waals surface area contributed by atoms with Crippen molar-refractivity contribution in [1.82, 2.24) is 4.98 Å². The lowest BCUT2D eigenvalue weighted by atomic mass is 9.57. The summed E-state index contributed by atoms with van der Waals surface area (Å²) in [5, 5.41) is 6.16. The zero-order chi connectivity index (χ0) is 47.9.